The van der Waals surface area contributed by atoms with Gasteiger partial charge >= 0.3 is 0 Å². The first-order valence-electron chi connectivity index (χ1n) is 7.85. The fourth-order valence-electron chi connectivity index (χ4n) is 2.58. The molecule has 0 fully saturated rings. The van der Waals surface area contributed by atoms with Gasteiger partial charge in [0.15, 0.2) is 11.5 Å². The summed E-state index contributed by atoms with van der Waals surface area (Å²) in [6, 6.07) is 5.66. The summed E-state index contributed by atoms with van der Waals surface area (Å²) in [5.41, 5.74) is 3.26. The van der Waals surface area contributed by atoms with Crippen molar-refractivity contribution < 1.29 is 14.3 Å². The highest BCUT2D eigenvalue weighted by molar-refractivity contribution is 5.95. The lowest BCUT2D eigenvalue weighted by atomic mass is 10.1. The Bertz CT molecular complexity index is 722. The van der Waals surface area contributed by atoms with Crippen LogP contribution >= 0.6 is 0 Å². The van der Waals surface area contributed by atoms with E-state index in [1.54, 1.807) is 0 Å². The second-order valence-corrected chi connectivity index (χ2v) is 5.99. The van der Waals surface area contributed by atoms with Crippen molar-refractivity contribution in [3.8, 4) is 22.8 Å². The molecule has 0 spiro atoms. The second-order valence-electron chi connectivity index (χ2n) is 5.99. The Labute approximate surface area is 135 Å². The highest BCUT2D eigenvalue weighted by Gasteiger charge is 2.20. The van der Waals surface area contributed by atoms with Gasteiger partial charge in [-0.15, -0.1) is 0 Å². The number of fused-ring (bicyclic) bond motifs is 1. The number of rotatable bonds is 5. The number of anilines is 1. The molecule has 1 aliphatic rings. The van der Waals surface area contributed by atoms with Crippen molar-refractivity contribution in [3.05, 3.63) is 23.9 Å². The molecule has 6 heteroatoms. The predicted octanol–water partition coefficient (Wildman–Crippen LogP) is 3.35. The van der Waals surface area contributed by atoms with Crippen LogP contribution in [0.25, 0.3) is 11.3 Å². The number of hydrogen-bond donors (Lipinski definition) is 2. The Hall–Kier alpha value is -2.50. The first-order valence-corrected chi connectivity index (χ1v) is 7.85. The molecule has 6 nitrogen and oxygen atoms in total. The third kappa shape index (κ3) is 3.16. The molecule has 2 aromatic rings. The van der Waals surface area contributed by atoms with Gasteiger partial charge in [-0.25, -0.2) is 0 Å². The Balaban J connectivity index is 1.93. The Morgan fingerprint density at radius 3 is 2.87 bits per heavy atom. The van der Waals surface area contributed by atoms with Crippen LogP contribution in [0.5, 0.6) is 11.5 Å². The zero-order chi connectivity index (χ0) is 16.4. The zero-order valence-corrected chi connectivity index (χ0v) is 13.6. The maximum Gasteiger partial charge on any atom is 0.231 e. The van der Waals surface area contributed by atoms with E-state index >= 15 is 0 Å². The van der Waals surface area contributed by atoms with E-state index in [4.69, 9.17) is 9.47 Å². The van der Waals surface area contributed by atoms with E-state index in [9.17, 15) is 4.79 Å². The van der Waals surface area contributed by atoms with Crippen LogP contribution in [-0.2, 0) is 11.2 Å². The minimum absolute atomic E-state index is 0.00177. The number of carbonyl (C=O) groups is 1. The Kier molecular flexibility index (Phi) is 4.23. The minimum atomic E-state index is -0.00177. The van der Waals surface area contributed by atoms with Crippen LogP contribution in [0.15, 0.2) is 18.2 Å². The smallest absolute Gasteiger partial charge is 0.231 e. The number of amides is 1. The zero-order valence-electron chi connectivity index (χ0n) is 13.6. The van der Waals surface area contributed by atoms with Crippen LogP contribution in [-0.4, -0.2) is 22.9 Å². The van der Waals surface area contributed by atoms with Gasteiger partial charge in [0.25, 0.3) is 0 Å². The molecule has 122 valence electrons. The summed E-state index contributed by atoms with van der Waals surface area (Å²) in [5, 5.41) is 10.4. The van der Waals surface area contributed by atoms with E-state index in [-0.39, 0.29) is 12.7 Å². The maximum absolute atomic E-state index is 12.2. The van der Waals surface area contributed by atoms with E-state index in [0.29, 0.717) is 18.1 Å². The summed E-state index contributed by atoms with van der Waals surface area (Å²) in [4.78, 5) is 12.2. The lowest BCUT2D eigenvalue weighted by molar-refractivity contribution is -0.116. The van der Waals surface area contributed by atoms with Crippen molar-refractivity contribution in [3.63, 3.8) is 0 Å². The molecule has 2 N–H and O–H groups in total. The van der Waals surface area contributed by atoms with Gasteiger partial charge < -0.3 is 14.8 Å². The van der Waals surface area contributed by atoms with Crippen molar-refractivity contribution in [2.45, 2.75) is 33.6 Å². The van der Waals surface area contributed by atoms with Gasteiger partial charge in [-0.3, -0.25) is 9.89 Å². The Morgan fingerprint density at radius 2 is 2.13 bits per heavy atom. The molecule has 0 radical (unpaired) electrons. The molecular formula is C17H21N3O3. The van der Waals surface area contributed by atoms with Crippen molar-refractivity contribution in [1.82, 2.24) is 10.2 Å². The number of carbonyl (C=O) groups excluding carboxylic acids is 1. The van der Waals surface area contributed by atoms with Gasteiger partial charge in [0.05, 0.1) is 11.4 Å². The molecule has 0 bridgehead atoms. The van der Waals surface area contributed by atoms with Gasteiger partial charge in [0.1, 0.15) is 5.69 Å². The number of hydrogen-bond acceptors (Lipinski definition) is 4. The van der Waals surface area contributed by atoms with E-state index in [0.717, 1.165) is 34.8 Å². The van der Waals surface area contributed by atoms with Gasteiger partial charge in [-0.05, 0) is 30.5 Å². The third-order valence-corrected chi connectivity index (χ3v) is 3.70. The molecule has 2 heterocycles. The predicted molar refractivity (Wildman–Crippen MR) is 87.6 cm³/mol. The van der Waals surface area contributed by atoms with E-state index in [2.05, 4.69) is 15.5 Å². The molecule has 23 heavy (non-hydrogen) atoms. The van der Waals surface area contributed by atoms with Gasteiger partial charge in [-0.2, -0.15) is 5.10 Å². The fourth-order valence-corrected chi connectivity index (χ4v) is 2.58. The summed E-state index contributed by atoms with van der Waals surface area (Å²) >= 11 is 0. The first-order chi connectivity index (χ1) is 11.1. The SMILES string of the molecule is CCc1[nH]nc(-c2ccc3c(c2)OCO3)c1NC(=O)CC(C)C. The highest BCUT2D eigenvalue weighted by atomic mass is 16.7. The summed E-state index contributed by atoms with van der Waals surface area (Å²) in [7, 11) is 0. The summed E-state index contributed by atoms with van der Waals surface area (Å²) in [5.74, 6) is 1.73. The molecule has 0 saturated heterocycles. The van der Waals surface area contributed by atoms with Crippen LogP contribution in [0.4, 0.5) is 5.69 Å². The molecule has 0 atom stereocenters. The van der Waals surface area contributed by atoms with E-state index < -0.39 is 0 Å². The van der Waals surface area contributed by atoms with Crippen molar-refractivity contribution >= 4 is 11.6 Å². The molecule has 0 unspecified atom stereocenters. The monoisotopic (exact) mass is 315 g/mol. The van der Waals surface area contributed by atoms with Crippen LogP contribution in [0.2, 0.25) is 0 Å². The molecule has 3 rings (SSSR count). The third-order valence-electron chi connectivity index (χ3n) is 3.70. The number of nitrogens with one attached hydrogen (secondary N) is 2. The largest absolute Gasteiger partial charge is 0.454 e. The second kappa shape index (κ2) is 6.32. The number of ether oxygens (including phenoxy) is 2. The molecular weight excluding hydrogens is 294 g/mol. The van der Waals surface area contributed by atoms with Crippen LogP contribution in [0.1, 0.15) is 32.9 Å². The molecule has 1 aliphatic heterocycles. The van der Waals surface area contributed by atoms with Crippen molar-refractivity contribution in [1.29, 1.82) is 0 Å². The number of aryl methyl sites for hydroxylation is 1. The lowest BCUT2D eigenvalue weighted by Gasteiger charge is -2.09. The first kappa shape index (κ1) is 15.4. The number of benzene rings is 1. The maximum atomic E-state index is 12.2. The van der Waals surface area contributed by atoms with Gasteiger partial charge in [0.2, 0.25) is 12.7 Å². The minimum Gasteiger partial charge on any atom is -0.454 e. The standard InChI is InChI=1S/C17H21N3O3/c1-4-12-17(18-15(21)7-10(2)3)16(20-19-12)11-5-6-13-14(8-11)23-9-22-13/h5-6,8,10H,4,7,9H2,1-3H3,(H,18,21)(H,19,20). The topological polar surface area (TPSA) is 76.2 Å². The average Bonchev–Trinajstić information content (AvgIpc) is 3.11. The molecule has 1 amide bonds. The normalized spacial score (nSPS) is 12.7. The fraction of sp³-hybridized carbons (Fsp3) is 0.412. The molecule has 0 aliphatic carbocycles. The van der Waals surface area contributed by atoms with Crippen LogP contribution < -0.4 is 14.8 Å². The lowest BCUT2D eigenvalue weighted by Crippen LogP contribution is -2.15. The quantitative estimate of drug-likeness (QED) is 0.887. The van der Waals surface area contributed by atoms with Crippen molar-refractivity contribution in [2.75, 3.05) is 12.1 Å². The number of aromatic amines is 1. The van der Waals surface area contributed by atoms with E-state index in [1.165, 1.54) is 0 Å². The van der Waals surface area contributed by atoms with Crippen LogP contribution in [0.3, 0.4) is 0 Å². The molecule has 1 aromatic heterocycles. The van der Waals surface area contributed by atoms with Gasteiger partial charge in [-0.1, -0.05) is 20.8 Å². The summed E-state index contributed by atoms with van der Waals surface area (Å²) in [6.45, 7) is 6.30. The van der Waals surface area contributed by atoms with Crippen LogP contribution in [0, 0.1) is 5.92 Å². The average molecular weight is 315 g/mol. The summed E-state index contributed by atoms with van der Waals surface area (Å²) in [6.07, 6.45) is 1.24. The highest BCUT2D eigenvalue weighted by Crippen LogP contribution is 2.38. The van der Waals surface area contributed by atoms with Crippen molar-refractivity contribution in [2.24, 2.45) is 5.92 Å². The number of nitrogens with zero attached hydrogens (tertiary/aromatic N) is 1. The number of aromatic nitrogens is 2. The molecule has 0 saturated carbocycles. The molecule has 1 aromatic carbocycles. The van der Waals surface area contributed by atoms with Gasteiger partial charge in [0, 0.05) is 12.0 Å². The summed E-state index contributed by atoms with van der Waals surface area (Å²) < 4.78 is 10.8. The van der Waals surface area contributed by atoms with E-state index in [1.807, 2.05) is 39.0 Å². The number of H-pyrrole nitrogens is 1. The Morgan fingerprint density at radius 1 is 1.35 bits per heavy atom.